The summed E-state index contributed by atoms with van der Waals surface area (Å²) in [4.78, 5) is 11.7. The third-order valence-corrected chi connectivity index (χ3v) is 2.30. The van der Waals surface area contributed by atoms with Crippen molar-refractivity contribution in [2.24, 2.45) is 0 Å². The maximum Gasteiger partial charge on any atom is 0.311 e. The molecule has 0 spiro atoms. The minimum Gasteiger partial charge on any atom is -0.481 e. The quantitative estimate of drug-likeness (QED) is 0.790. The van der Waals surface area contributed by atoms with E-state index in [1.807, 2.05) is 17.5 Å². The van der Waals surface area contributed by atoms with E-state index < -0.39 is 5.97 Å². The molecular weight excluding hydrogens is 204 g/mol. The molecule has 0 aliphatic heterocycles. The number of rotatable bonds is 3. The number of carboxylic acids is 1. The van der Waals surface area contributed by atoms with Gasteiger partial charge in [-0.15, -0.1) is 26.3 Å². The first-order valence-corrected chi connectivity index (χ1v) is 4.68. The largest absolute Gasteiger partial charge is 0.481 e. The van der Waals surface area contributed by atoms with E-state index in [1.165, 1.54) is 16.1 Å². The second-order valence-corrected chi connectivity index (χ2v) is 3.44. The molecule has 0 saturated carbocycles. The number of aromatic nitrogens is 4. The van der Waals surface area contributed by atoms with Crippen LogP contribution in [0.3, 0.4) is 0 Å². The average molecular weight is 210 g/mol. The monoisotopic (exact) mass is 210 g/mol. The van der Waals surface area contributed by atoms with Crippen molar-refractivity contribution in [1.29, 1.82) is 0 Å². The van der Waals surface area contributed by atoms with Crippen molar-refractivity contribution < 1.29 is 9.90 Å². The van der Waals surface area contributed by atoms with Crippen LogP contribution in [0.4, 0.5) is 0 Å². The Morgan fingerprint density at radius 2 is 2.50 bits per heavy atom. The Bertz CT molecular complexity index is 436. The third kappa shape index (κ3) is 1.77. The van der Waals surface area contributed by atoms with Gasteiger partial charge in [0.15, 0.2) is 5.82 Å². The molecule has 0 saturated heterocycles. The lowest BCUT2D eigenvalue weighted by Crippen LogP contribution is -2.02. The Kier molecular flexibility index (Phi) is 2.23. The molecule has 0 fully saturated rings. The highest BCUT2D eigenvalue weighted by Crippen LogP contribution is 2.11. The fourth-order valence-electron chi connectivity index (χ4n) is 0.926. The number of carboxylic acid groups (broad SMARTS) is 1. The zero-order valence-corrected chi connectivity index (χ0v) is 7.81. The van der Waals surface area contributed by atoms with Crippen molar-refractivity contribution in [3.05, 3.63) is 23.3 Å². The van der Waals surface area contributed by atoms with Crippen LogP contribution < -0.4 is 0 Å². The van der Waals surface area contributed by atoms with Gasteiger partial charge in [0.25, 0.3) is 0 Å². The van der Waals surface area contributed by atoms with Crippen LogP contribution >= 0.6 is 11.3 Å². The Balaban J connectivity index is 2.22. The van der Waals surface area contributed by atoms with Crippen LogP contribution in [0.15, 0.2) is 17.5 Å². The summed E-state index contributed by atoms with van der Waals surface area (Å²) in [5.74, 6) is -0.748. The summed E-state index contributed by atoms with van der Waals surface area (Å²) in [6.45, 7) is 0. The minimum absolute atomic E-state index is 0.203. The molecule has 72 valence electrons. The van der Waals surface area contributed by atoms with Gasteiger partial charge in [0.2, 0.25) is 0 Å². The molecule has 0 aromatic carbocycles. The van der Waals surface area contributed by atoms with Crippen molar-refractivity contribution in [1.82, 2.24) is 20.2 Å². The standard InChI is InChI=1S/C7H6N4O2S/c12-7(13)4-5-8-10-11(9-5)6-2-1-3-14-6/h1-3H,4H2,(H,12,13). The highest BCUT2D eigenvalue weighted by Gasteiger charge is 2.08. The van der Waals surface area contributed by atoms with E-state index in [2.05, 4.69) is 15.4 Å². The summed E-state index contributed by atoms with van der Waals surface area (Å²) >= 11 is 1.46. The predicted molar refractivity (Wildman–Crippen MR) is 48.4 cm³/mol. The molecule has 14 heavy (non-hydrogen) atoms. The van der Waals surface area contributed by atoms with Gasteiger partial charge in [-0.3, -0.25) is 4.79 Å². The number of nitrogens with zero attached hydrogens (tertiary/aromatic N) is 4. The van der Waals surface area contributed by atoms with Gasteiger partial charge in [-0.2, -0.15) is 0 Å². The van der Waals surface area contributed by atoms with Crippen LogP contribution in [-0.2, 0) is 11.2 Å². The van der Waals surface area contributed by atoms with E-state index in [1.54, 1.807) is 0 Å². The van der Waals surface area contributed by atoms with Crippen molar-refractivity contribution in [2.45, 2.75) is 6.42 Å². The fourth-order valence-corrected chi connectivity index (χ4v) is 1.55. The highest BCUT2D eigenvalue weighted by molar-refractivity contribution is 7.12. The molecule has 2 aromatic heterocycles. The van der Waals surface area contributed by atoms with Crippen LogP contribution in [0.1, 0.15) is 5.82 Å². The first-order valence-electron chi connectivity index (χ1n) is 3.80. The Morgan fingerprint density at radius 3 is 3.14 bits per heavy atom. The van der Waals surface area contributed by atoms with Crippen molar-refractivity contribution in [3.8, 4) is 5.00 Å². The van der Waals surface area contributed by atoms with Gasteiger partial charge in [-0.25, -0.2) is 0 Å². The van der Waals surface area contributed by atoms with E-state index in [-0.39, 0.29) is 12.2 Å². The Labute approximate surface area is 82.8 Å². The van der Waals surface area contributed by atoms with E-state index in [0.717, 1.165) is 5.00 Å². The number of thiophene rings is 1. The molecule has 0 bridgehead atoms. The number of hydrogen-bond acceptors (Lipinski definition) is 5. The number of aliphatic carboxylic acids is 1. The summed E-state index contributed by atoms with van der Waals surface area (Å²) in [6.07, 6.45) is -0.203. The van der Waals surface area contributed by atoms with E-state index in [4.69, 9.17) is 5.11 Å². The molecule has 1 N–H and O–H groups in total. The summed E-state index contributed by atoms with van der Waals surface area (Å²) in [6, 6.07) is 3.69. The lowest BCUT2D eigenvalue weighted by atomic mass is 10.4. The number of carbonyl (C=O) groups is 1. The normalized spacial score (nSPS) is 10.3. The second kappa shape index (κ2) is 3.54. The van der Waals surface area contributed by atoms with Crippen molar-refractivity contribution >= 4 is 17.3 Å². The first kappa shape index (κ1) is 8.82. The summed E-state index contributed by atoms with van der Waals surface area (Å²) in [7, 11) is 0. The van der Waals surface area contributed by atoms with Crippen LogP contribution in [0.5, 0.6) is 0 Å². The molecule has 0 amide bonds. The van der Waals surface area contributed by atoms with Crippen LogP contribution in [-0.4, -0.2) is 31.3 Å². The van der Waals surface area contributed by atoms with E-state index in [9.17, 15) is 4.79 Å². The lowest BCUT2D eigenvalue weighted by molar-refractivity contribution is -0.136. The van der Waals surface area contributed by atoms with Crippen molar-refractivity contribution in [3.63, 3.8) is 0 Å². The molecule has 2 rings (SSSR count). The Morgan fingerprint density at radius 1 is 1.64 bits per heavy atom. The molecular formula is C7H6N4O2S. The SMILES string of the molecule is O=C(O)Cc1nnn(-c2cccs2)n1. The topological polar surface area (TPSA) is 80.9 Å². The predicted octanol–water partition coefficient (Wildman–Crippen LogP) is 0.351. The molecule has 0 aliphatic rings. The zero-order valence-electron chi connectivity index (χ0n) is 6.99. The van der Waals surface area contributed by atoms with Gasteiger partial charge >= 0.3 is 5.97 Å². The third-order valence-electron chi connectivity index (χ3n) is 1.47. The molecule has 0 aliphatic carbocycles. The molecule has 0 radical (unpaired) electrons. The van der Waals surface area contributed by atoms with Gasteiger partial charge in [0.1, 0.15) is 11.4 Å². The maximum absolute atomic E-state index is 10.4. The molecule has 0 unspecified atom stereocenters. The molecule has 7 heteroatoms. The van der Waals surface area contributed by atoms with Gasteiger partial charge in [0, 0.05) is 0 Å². The van der Waals surface area contributed by atoms with Gasteiger partial charge in [0.05, 0.1) is 0 Å². The average Bonchev–Trinajstić information content (AvgIpc) is 2.69. The van der Waals surface area contributed by atoms with Gasteiger partial charge in [-0.1, -0.05) is 0 Å². The second-order valence-electron chi connectivity index (χ2n) is 2.52. The molecule has 2 aromatic rings. The number of tetrazole rings is 1. The van der Waals surface area contributed by atoms with Crippen LogP contribution in [0, 0.1) is 0 Å². The maximum atomic E-state index is 10.4. The highest BCUT2D eigenvalue weighted by atomic mass is 32.1. The van der Waals surface area contributed by atoms with Gasteiger partial charge in [-0.05, 0) is 22.7 Å². The zero-order chi connectivity index (χ0) is 9.97. The number of hydrogen-bond donors (Lipinski definition) is 1. The fraction of sp³-hybridized carbons (Fsp3) is 0.143. The van der Waals surface area contributed by atoms with E-state index >= 15 is 0 Å². The minimum atomic E-state index is -0.962. The summed E-state index contributed by atoms with van der Waals surface area (Å²) in [5.41, 5.74) is 0. The molecule has 6 nitrogen and oxygen atoms in total. The van der Waals surface area contributed by atoms with Gasteiger partial charge < -0.3 is 5.11 Å². The molecule has 2 heterocycles. The van der Waals surface area contributed by atoms with Crippen LogP contribution in [0.25, 0.3) is 5.00 Å². The molecule has 0 atom stereocenters. The summed E-state index contributed by atoms with van der Waals surface area (Å²) in [5, 5.41) is 22.5. The van der Waals surface area contributed by atoms with Crippen LogP contribution in [0.2, 0.25) is 0 Å². The van der Waals surface area contributed by atoms with E-state index in [0.29, 0.717) is 0 Å². The van der Waals surface area contributed by atoms with Crippen molar-refractivity contribution in [2.75, 3.05) is 0 Å². The smallest absolute Gasteiger partial charge is 0.311 e. The lowest BCUT2D eigenvalue weighted by Gasteiger charge is -1.89. The first-order chi connectivity index (χ1) is 6.75. The Hall–Kier alpha value is -1.76. The summed E-state index contributed by atoms with van der Waals surface area (Å²) < 4.78 is 0.